The zero-order valence-corrected chi connectivity index (χ0v) is 9.93. The molecule has 0 amide bonds. The van der Waals surface area contributed by atoms with Gasteiger partial charge in [-0.05, 0) is 12.1 Å². The van der Waals surface area contributed by atoms with Gasteiger partial charge in [0.15, 0.2) is 0 Å². The minimum absolute atomic E-state index is 0.0327. The van der Waals surface area contributed by atoms with Gasteiger partial charge in [0.1, 0.15) is 11.6 Å². The fourth-order valence-corrected chi connectivity index (χ4v) is 1.21. The average Bonchev–Trinajstić information content (AvgIpc) is 2.30. The molecule has 0 aromatic heterocycles. The molecule has 0 fully saturated rings. The number of alkyl halides is 3. The van der Waals surface area contributed by atoms with Gasteiger partial charge in [-0.2, -0.15) is 13.2 Å². The summed E-state index contributed by atoms with van der Waals surface area (Å²) in [5.74, 6) is 4.55. The van der Waals surface area contributed by atoms with E-state index in [0.29, 0.717) is 0 Å². The van der Waals surface area contributed by atoms with Crippen LogP contribution in [0.25, 0.3) is 0 Å². The smallest absolute Gasteiger partial charge is 0.392 e. The lowest BCUT2D eigenvalue weighted by molar-refractivity contribution is -0.139. The first-order valence-corrected chi connectivity index (χ1v) is 5.51. The van der Waals surface area contributed by atoms with Crippen LogP contribution in [-0.2, 0) is 0 Å². The first-order chi connectivity index (χ1) is 8.92. The van der Waals surface area contributed by atoms with E-state index >= 15 is 0 Å². The van der Waals surface area contributed by atoms with Crippen LogP contribution in [0.15, 0.2) is 18.2 Å². The molecule has 0 atom stereocenters. The normalized spacial score (nSPS) is 10.8. The van der Waals surface area contributed by atoms with Crippen LogP contribution in [0.1, 0.15) is 18.4 Å². The van der Waals surface area contributed by atoms with E-state index in [1.165, 1.54) is 6.07 Å². The molecule has 1 N–H and O–H groups in total. The molecule has 0 aliphatic rings. The van der Waals surface area contributed by atoms with Gasteiger partial charge in [-0.25, -0.2) is 4.39 Å². The Labute approximate surface area is 108 Å². The number of halogens is 4. The maximum atomic E-state index is 13.0. The zero-order valence-electron chi connectivity index (χ0n) is 9.93. The number of aliphatic hydroxyl groups excluding tert-OH is 1. The first kappa shape index (κ1) is 15.3. The van der Waals surface area contributed by atoms with Gasteiger partial charge in [0.25, 0.3) is 0 Å². The summed E-state index contributed by atoms with van der Waals surface area (Å²) in [4.78, 5) is 0. The third-order valence-corrected chi connectivity index (χ3v) is 2.05. The Morgan fingerprint density at radius 3 is 2.63 bits per heavy atom. The SMILES string of the molecule is OCCC#Cc1ccc(F)cc1OCCC(F)(F)F. The zero-order chi connectivity index (χ0) is 14.3. The van der Waals surface area contributed by atoms with Crippen LogP contribution in [0.4, 0.5) is 17.6 Å². The fourth-order valence-electron chi connectivity index (χ4n) is 1.21. The molecule has 0 heterocycles. The predicted octanol–water partition coefficient (Wildman–Crippen LogP) is 2.89. The number of aliphatic hydroxyl groups is 1. The van der Waals surface area contributed by atoms with E-state index in [1.54, 1.807) is 0 Å². The van der Waals surface area contributed by atoms with Crippen molar-refractivity contribution in [3.05, 3.63) is 29.6 Å². The summed E-state index contributed by atoms with van der Waals surface area (Å²) >= 11 is 0. The molecule has 6 heteroatoms. The molecule has 0 bridgehead atoms. The topological polar surface area (TPSA) is 29.5 Å². The van der Waals surface area contributed by atoms with Crippen molar-refractivity contribution in [2.75, 3.05) is 13.2 Å². The third kappa shape index (κ3) is 6.11. The molecule has 2 nitrogen and oxygen atoms in total. The predicted molar refractivity (Wildman–Crippen MR) is 61.1 cm³/mol. The number of hydrogen-bond donors (Lipinski definition) is 1. The highest BCUT2D eigenvalue weighted by Crippen LogP contribution is 2.23. The standard InChI is InChI=1S/C13H12F4O2/c14-11-5-4-10(3-1-2-7-18)12(9-11)19-8-6-13(15,16)17/h4-5,9,18H,2,6-8H2. The average molecular weight is 276 g/mol. The molecular formula is C13H12F4O2. The Balaban J connectivity index is 2.75. The Hall–Kier alpha value is -1.74. The molecule has 104 valence electrons. The lowest BCUT2D eigenvalue weighted by Gasteiger charge is -2.10. The lowest BCUT2D eigenvalue weighted by atomic mass is 10.2. The van der Waals surface area contributed by atoms with E-state index in [4.69, 9.17) is 9.84 Å². The van der Waals surface area contributed by atoms with Gasteiger partial charge >= 0.3 is 6.18 Å². The van der Waals surface area contributed by atoms with Crippen LogP contribution in [0.3, 0.4) is 0 Å². The molecule has 0 unspecified atom stereocenters. The molecule has 1 aromatic carbocycles. The van der Waals surface area contributed by atoms with Crippen LogP contribution < -0.4 is 4.74 Å². The Bertz CT molecular complexity index is 472. The lowest BCUT2D eigenvalue weighted by Crippen LogP contribution is -2.13. The highest BCUT2D eigenvalue weighted by atomic mass is 19.4. The molecule has 19 heavy (non-hydrogen) atoms. The quantitative estimate of drug-likeness (QED) is 0.677. The summed E-state index contributed by atoms with van der Waals surface area (Å²) in [6.45, 7) is -0.722. The molecule has 1 rings (SSSR count). The third-order valence-electron chi connectivity index (χ3n) is 2.05. The van der Waals surface area contributed by atoms with Crippen LogP contribution in [0.2, 0.25) is 0 Å². The van der Waals surface area contributed by atoms with E-state index in [-0.39, 0.29) is 24.3 Å². The van der Waals surface area contributed by atoms with Gasteiger partial charge in [0, 0.05) is 12.5 Å². The van der Waals surface area contributed by atoms with Crippen LogP contribution in [-0.4, -0.2) is 24.5 Å². The summed E-state index contributed by atoms with van der Waals surface area (Å²) in [6.07, 6.45) is -5.22. The highest BCUT2D eigenvalue weighted by molar-refractivity contribution is 5.46. The number of ether oxygens (including phenoxy) is 1. The minimum atomic E-state index is -4.32. The maximum absolute atomic E-state index is 13.0. The molecule has 0 radical (unpaired) electrons. The monoisotopic (exact) mass is 276 g/mol. The van der Waals surface area contributed by atoms with Crippen molar-refractivity contribution in [3.8, 4) is 17.6 Å². The van der Waals surface area contributed by atoms with E-state index in [9.17, 15) is 17.6 Å². The van der Waals surface area contributed by atoms with Crippen molar-refractivity contribution in [1.82, 2.24) is 0 Å². The van der Waals surface area contributed by atoms with Gasteiger partial charge in [-0.1, -0.05) is 11.8 Å². The maximum Gasteiger partial charge on any atom is 0.392 e. The van der Waals surface area contributed by atoms with Crippen molar-refractivity contribution >= 4 is 0 Å². The highest BCUT2D eigenvalue weighted by Gasteiger charge is 2.27. The van der Waals surface area contributed by atoms with E-state index < -0.39 is 25.0 Å². The van der Waals surface area contributed by atoms with Crippen molar-refractivity contribution in [2.45, 2.75) is 19.0 Å². The fraction of sp³-hybridized carbons (Fsp3) is 0.385. The Morgan fingerprint density at radius 2 is 2.00 bits per heavy atom. The van der Waals surface area contributed by atoms with Crippen LogP contribution >= 0.6 is 0 Å². The van der Waals surface area contributed by atoms with Gasteiger partial charge in [-0.15, -0.1) is 0 Å². The molecule has 0 saturated heterocycles. The molecule has 0 aliphatic heterocycles. The first-order valence-electron chi connectivity index (χ1n) is 5.51. The van der Waals surface area contributed by atoms with Crippen molar-refractivity contribution in [3.63, 3.8) is 0 Å². The number of rotatable bonds is 4. The number of hydrogen-bond acceptors (Lipinski definition) is 2. The molecule has 1 aromatic rings. The molecule has 0 saturated carbocycles. The number of benzene rings is 1. The van der Waals surface area contributed by atoms with Crippen LogP contribution in [0.5, 0.6) is 5.75 Å². The Morgan fingerprint density at radius 1 is 1.26 bits per heavy atom. The van der Waals surface area contributed by atoms with E-state index in [0.717, 1.165) is 12.1 Å². The summed E-state index contributed by atoms with van der Waals surface area (Å²) in [5, 5.41) is 8.57. The summed E-state index contributed by atoms with van der Waals surface area (Å²) in [5.41, 5.74) is 0.289. The van der Waals surface area contributed by atoms with Crippen molar-refractivity contribution in [2.24, 2.45) is 0 Å². The van der Waals surface area contributed by atoms with Crippen LogP contribution in [0, 0.1) is 17.7 Å². The van der Waals surface area contributed by atoms with Gasteiger partial charge in [0.05, 0.1) is 25.2 Å². The van der Waals surface area contributed by atoms with Crippen molar-refractivity contribution < 1.29 is 27.4 Å². The second-order valence-corrected chi connectivity index (χ2v) is 3.63. The van der Waals surface area contributed by atoms with Gasteiger partial charge < -0.3 is 9.84 Å². The molecule has 0 spiro atoms. The summed E-state index contributed by atoms with van der Waals surface area (Å²) in [6, 6.07) is 3.45. The van der Waals surface area contributed by atoms with Crippen molar-refractivity contribution in [1.29, 1.82) is 0 Å². The summed E-state index contributed by atoms with van der Waals surface area (Å²) < 4.78 is 53.8. The minimum Gasteiger partial charge on any atom is -0.492 e. The Kier molecular flexibility index (Phi) is 5.64. The second-order valence-electron chi connectivity index (χ2n) is 3.63. The van der Waals surface area contributed by atoms with Gasteiger partial charge in [-0.3, -0.25) is 0 Å². The van der Waals surface area contributed by atoms with E-state index in [1.807, 2.05) is 0 Å². The molecular weight excluding hydrogens is 264 g/mol. The second kappa shape index (κ2) is 7.00. The molecule has 0 aliphatic carbocycles. The van der Waals surface area contributed by atoms with E-state index in [2.05, 4.69) is 11.8 Å². The van der Waals surface area contributed by atoms with Gasteiger partial charge in [0.2, 0.25) is 0 Å². The largest absolute Gasteiger partial charge is 0.492 e. The summed E-state index contributed by atoms with van der Waals surface area (Å²) in [7, 11) is 0.